The van der Waals surface area contributed by atoms with Gasteiger partial charge in [-0.05, 0) is 61.4 Å². The molecule has 1 N–H and O–H groups in total. The number of rotatable bonds is 9. The lowest BCUT2D eigenvalue weighted by Gasteiger charge is -2.35. The Morgan fingerprint density at radius 3 is 2.13 bits per heavy atom. The molecule has 0 amide bonds. The molecule has 0 saturated carbocycles. The van der Waals surface area contributed by atoms with Crippen molar-refractivity contribution in [3.8, 4) is 5.75 Å². The van der Waals surface area contributed by atoms with Crippen LogP contribution in [0.4, 0.5) is 0 Å². The first-order valence-electron chi connectivity index (χ1n) is 11.3. The molecule has 0 spiro atoms. The van der Waals surface area contributed by atoms with Gasteiger partial charge in [0.2, 0.25) is 0 Å². The summed E-state index contributed by atoms with van der Waals surface area (Å²) in [5.74, 6) is 0.477. The van der Waals surface area contributed by atoms with Crippen LogP contribution in [0.15, 0.2) is 66.7 Å². The van der Waals surface area contributed by atoms with Gasteiger partial charge in [0, 0.05) is 23.7 Å². The number of nitrogens with zero attached hydrogens (tertiary/aromatic N) is 1. The zero-order valence-corrected chi connectivity index (χ0v) is 20.6. The van der Waals surface area contributed by atoms with Crippen LogP contribution in [0.1, 0.15) is 54.5 Å². The maximum absolute atomic E-state index is 11.4. The highest BCUT2D eigenvalue weighted by atomic mass is 31.1. The van der Waals surface area contributed by atoms with E-state index in [2.05, 4.69) is 100 Å². The van der Waals surface area contributed by atoms with Gasteiger partial charge < -0.3 is 10.0 Å². The fraction of sp³-hybridized carbons (Fsp3) is 0.357. The molecule has 0 aliphatic carbocycles. The second kappa shape index (κ2) is 10.4. The minimum absolute atomic E-state index is 0.0655. The average molecular weight is 434 g/mol. The summed E-state index contributed by atoms with van der Waals surface area (Å²) in [7, 11) is 4.87. The lowest BCUT2D eigenvalue weighted by molar-refractivity contribution is 0.403. The second-order valence-electron chi connectivity index (χ2n) is 8.74. The van der Waals surface area contributed by atoms with Crippen molar-refractivity contribution in [1.82, 2.24) is 4.90 Å². The van der Waals surface area contributed by atoms with Crippen molar-refractivity contribution in [1.29, 1.82) is 0 Å². The van der Waals surface area contributed by atoms with Gasteiger partial charge >= 0.3 is 0 Å². The van der Waals surface area contributed by atoms with Gasteiger partial charge in [-0.25, -0.2) is 0 Å². The molecular weight excluding hydrogens is 397 g/mol. The molecule has 3 aromatic rings. The number of aryl methyl sites for hydroxylation is 1. The molecule has 2 nitrogen and oxygen atoms in total. The van der Waals surface area contributed by atoms with Crippen LogP contribution in [0.5, 0.6) is 5.75 Å². The standard InChI is InChI=1S/C28H36NOP/c1-6-28(7-2,31-27-21(3)13-11-17-24(27)20-29(4)5)25-18-12-16-23(26(25)30)19-22-14-9-8-10-15-22/h8-18,30-31H,6-7,19-20H2,1-5H3. The average Bonchev–Trinajstić information content (AvgIpc) is 2.76. The van der Waals surface area contributed by atoms with Crippen LogP contribution < -0.4 is 5.30 Å². The molecule has 3 aromatic carbocycles. The van der Waals surface area contributed by atoms with E-state index in [4.69, 9.17) is 0 Å². The molecule has 0 heterocycles. The molecule has 0 aliphatic rings. The third-order valence-corrected chi connectivity index (χ3v) is 8.71. The molecule has 3 heteroatoms. The quantitative estimate of drug-likeness (QED) is 0.396. The van der Waals surface area contributed by atoms with Gasteiger partial charge in [-0.15, -0.1) is 0 Å². The Hall–Kier alpha value is -2.15. The van der Waals surface area contributed by atoms with E-state index in [1.165, 1.54) is 22.0 Å². The fourth-order valence-corrected chi connectivity index (χ4v) is 6.20. The lowest BCUT2D eigenvalue weighted by atomic mass is 9.89. The van der Waals surface area contributed by atoms with Gasteiger partial charge in [-0.3, -0.25) is 0 Å². The monoisotopic (exact) mass is 433 g/mol. The normalized spacial score (nSPS) is 12.2. The maximum atomic E-state index is 11.4. The van der Waals surface area contributed by atoms with Crippen LogP contribution in [-0.2, 0) is 18.1 Å². The molecule has 0 aromatic heterocycles. The van der Waals surface area contributed by atoms with Crippen molar-refractivity contribution in [3.05, 3.63) is 94.5 Å². The van der Waals surface area contributed by atoms with Crippen molar-refractivity contribution in [3.63, 3.8) is 0 Å². The van der Waals surface area contributed by atoms with Gasteiger partial charge in [-0.2, -0.15) is 0 Å². The predicted octanol–water partition coefficient (Wildman–Crippen LogP) is 6.37. The molecule has 3 rings (SSSR count). The molecule has 31 heavy (non-hydrogen) atoms. The van der Waals surface area contributed by atoms with E-state index >= 15 is 0 Å². The molecule has 0 saturated heterocycles. The molecule has 1 unspecified atom stereocenters. The fourth-order valence-electron chi connectivity index (χ4n) is 4.43. The van der Waals surface area contributed by atoms with E-state index in [-0.39, 0.29) is 5.16 Å². The summed E-state index contributed by atoms with van der Waals surface area (Å²) in [6.07, 6.45) is 2.75. The molecule has 164 valence electrons. The van der Waals surface area contributed by atoms with Gasteiger partial charge in [0.1, 0.15) is 5.75 Å². The highest BCUT2D eigenvalue weighted by molar-refractivity contribution is 7.48. The molecular formula is C28H36NOP. The molecule has 0 aliphatic heterocycles. The van der Waals surface area contributed by atoms with E-state index < -0.39 is 0 Å². The Balaban J connectivity index is 2.04. The van der Waals surface area contributed by atoms with Crippen molar-refractivity contribution in [2.75, 3.05) is 14.1 Å². The van der Waals surface area contributed by atoms with Crippen molar-refractivity contribution in [2.45, 2.75) is 51.7 Å². The number of para-hydroxylation sites is 1. The zero-order valence-electron chi connectivity index (χ0n) is 19.6. The summed E-state index contributed by atoms with van der Waals surface area (Å²) in [5.41, 5.74) is 6.09. The number of phenolic OH excluding ortho intramolecular Hbond substituents is 1. The smallest absolute Gasteiger partial charge is 0.123 e. The summed E-state index contributed by atoms with van der Waals surface area (Å²) < 4.78 is 0. The highest BCUT2D eigenvalue weighted by Gasteiger charge is 2.33. The van der Waals surface area contributed by atoms with Crippen LogP contribution in [0.2, 0.25) is 0 Å². The summed E-state index contributed by atoms with van der Waals surface area (Å²) in [6.45, 7) is 7.70. The number of aromatic hydroxyl groups is 1. The summed E-state index contributed by atoms with van der Waals surface area (Å²) in [5, 5.41) is 12.8. The first-order valence-corrected chi connectivity index (χ1v) is 12.3. The van der Waals surface area contributed by atoms with E-state index in [0.29, 0.717) is 14.3 Å². The minimum Gasteiger partial charge on any atom is -0.507 e. The Morgan fingerprint density at radius 2 is 1.48 bits per heavy atom. The first-order chi connectivity index (χ1) is 14.9. The van der Waals surface area contributed by atoms with Crippen LogP contribution in [0.25, 0.3) is 0 Å². The molecule has 0 bridgehead atoms. The zero-order chi connectivity index (χ0) is 22.4. The van der Waals surface area contributed by atoms with E-state index in [9.17, 15) is 5.11 Å². The van der Waals surface area contributed by atoms with Crippen LogP contribution in [0, 0.1) is 6.92 Å². The molecule has 1 atom stereocenters. The highest BCUT2D eigenvalue weighted by Crippen LogP contribution is 2.51. The van der Waals surface area contributed by atoms with Crippen LogP contribution >= 0.6 is 8.58 Å². The van der Waals surface area contributed by atoms with Crippen molar-refractivity contribution in [2.24, 2.45) is 0 Å². The summed E-state index contributed by atoms with van der Waals surface area (Å²) in [6, 6.07) is 23.4. The largest absolute Gasteiger partial charge is 0.507 e. The van der Waals surface area contributed by atoms with E-state index in [0.717, 1.165) is 36.9 Å². The van der Waals surface area contributed by atoms with Crippen LogP contribution in [0.3, 0.4) is 0 Å². The lowest BCUT2D eigenvalue weighted by Crippen LogP contribution is -2.26. The Kier molecular flexibility index (Phi) is 7.92. The van der Waals surface area contributed by atoms with E-state index in [1.54, 1.807) is 0 Å². The minimum atomic E-state index is -0.0655. The third-order valence-electron chi connectivity index (χ3n) is 6.29. The maximum Gasteiger partial charge on any atom is 0.123 e. The topological polar surface area (TPSA) is 23.5 Å². The Labute approximate surface area is 190 Å². The third kappa shape index (κ3) is 5.37. The van der Waals surface area contributed by atoms with Crippen molar-refractivity contribution >= 4 is 13.9 Å². The second-order valence-corrected chi connectivity index (χ2v) is 10.4. The summed E-state index contributed by atoms with van der Waals surface area (Å²) >= 11 is 0. The van der Waals surface area contributed by atoms with Gasteiger partial charge in [0.25, 0.3) is 0 Å². The Morgan fingerprint density at radius 1 is 0.839 bits per heavy atom. The molecule has 0 radical (unpaired) electrons. The van der Waals surface area contributed by atoms with E-state index in [1.807, 2.05) is 6.07 Å². The van der Waals surface area contributed by atoms with Gasteiger partial charge in [0.05, 0.1) is 0 Å². The molecule has 0 fully saturated rings. The Bertz CT molecular complexity index is 993. The number of benzene rings is 3. The number of hydrogen-bond acceptors (Lipinski definition) is 2. The van der Waals surface area contributed by atoms with Gasteiger partial charge in [-0.1, -0.05) is 89.2 Å². The summed E-state index contributed by atoms with van der Waals surface area (Å²) in [4.78, 5) is 2.24. The van der Waals surface area contributed by atoms with Gasteiger partial charge in [0.15, 0.2) is 0 Å². The number of phenols is 1. The van der Waals surface area contributed by atoms with Crippen LogP contribution in [-0.4, -0.2) is 24.1 Å². The predicted molar refractivity (Wildman–Crippen MR) is 136 cm³/mol. The SMILES string of the molecule is CCC(CC)(Pc1c(C)cccc1CN(C)C)c1cccc(Cc2ccccc2)c1O. The first kappa shape index (κ1) is 23.5. The van der Waals surface area contributed by atoms with Crippen molar-refractivity contribution < 1.29 is 5.11 Å². The number of hydrogen-bond donors (Lipinski definition) is 1.